The van der Waals surface area contributed by atoms with E-state index in [2.05, 4.69) is 14.8 Å². The van der Waals surface area contributed by atoms with Gasteiger partial charge in [-0.05, 0) is 0 Å². The van der Waals surface area contributed by atoms with E-state index in [1.807, 2.05) is 0 Å². The van der Waals surface area contributed by atoms with Gasteiger partial charge in [0.15, 0.2) is 51.6 Å². The molecule has 0 aliphatic carbocycles. The Morgan fingerprint density at radius 1 is 0.605 bits per heavy atom. The monoisotopic (exact) mass is 518 g/mol. The molecule has 4 aromatic carbocycles. The third kappa shape index (κ3) is 2.45. The second-order valence-corrected chi connectivity index (χ2v) is 7.70. The summed E-state index contributed by atoms with van der Waals surface area (Å²) >= 11 is 0. The molecule has 0 N–H and O–H groups in total. The molecule has 0 radical (unpaired) electrons. The lowest BCUT2D eigenvalue weighted by Crippen LogP contribution is -2.04. The zero-order valence-electron chi connectivity index (χ0n) is 17.8. The van der Waals surface area contributed by atoms with Crippen LogP contribution in [0.15, 0.2) is 8.83 Å². The minimum Gasteiger partial charge on any atom is -0.445 e. The Balaban J connectivity index is 2.06. The molecule has 0 unspecified atom stereocenters. The minimum atomic E-state index is -1.93. The molecule has 14 heteroatoms. The Bertz CT molecular complexity index is 2210. The Labute approximate surface area is 202 Å². The predicted octanol–water partition coefficient (Wildman–Crippen LogP) is 4.45. The van der Waals surface area contributed by atoms with Gasteiger partial charge in [-0.2, -0.15) is 10.5 Å². The van der Waals surface area contributed by atoms with Gasteiger partial charge in [0.25, 0.3) is 0 Å². The van der Waals surface area contributed by atoms with Crippen LogP contribution in [0.2, 0.25) is 0 Å². The highest BCUT2D eigenvalue weighted by atomic mass is 19.2. The quantitative estimate of drug-likeness (QED) is 0.165. The third-order valence-corrected chi connectivity index (χ3v) is 5.93. The molecule has 0 aliphatic rings. The van der Waals surface area contributed by atoms with Gasteiger partial charge in [0, 0.05) is 10.8 Å². The average Bonchev–Trinajstić information content (AvgIpc) is 3.53. The predicted molar refractivity (Wildman–Crippen MR) is 115 cm³/mol. The number of hydrogen-bond acceptors (Lipinski definition) is 7. The van der Waals surface area contributed by atoms with Crippen molar-refractivity contribution in [1.29, 1.82) is 15.8 Å². The fourth-order valence-electron chi connectivity index (χ4n) is 4.43. The van der Waals surface area contributed by atoms with Gasteiger partial charge in [-0.25, -0.2) is 46.4 Å². The van der Waals surface area contributed by atoms with Crippen molar-refractivity contribution in [2.24, 2.45) is 0 Å². The molecule has 0 saturated carbocycles. The smallest absolute Gasteiger partial charge is 0.322 e. The van der Waals surface area contributed by atoms with Gasteiger partial charge in [0.2, 0.25) is 11.1 Å². The first-order valence-corrected chi connectivity index (χ1v) is 9.96. The summed E-state index contributed by atoms with van der Waals surface area (Å²) in [6, 6.07) is 4.22. The summed E-state index contributed by atoms with van der Waals surface area (Å²) in [6.07, 6.45) is 0. The molecular weight excluding hydrogens is 518 g/mol. The van der Waals surface area contributed by atoms with Crippen molar-refractivity contribution < 1.29 is 35.2 Å². The van der Waals surface area contributed by atoms with Gasteiger partial charge in [-0.3, -0.25) is 0 Å². The van der Waals surface area contributed by atoms with Crippen LogP contribution in [-0.4, -0.2) is 9.97 Å². The fraction of sp³-hybridized carbons (Fsp3) is 0. The van der Waals surface area contributed by atoms with Crippen LogP contribution in [0.5, 0.6) is 0 Å². The standard InChI is InChI=1S/C24F6N6O2/c1-34-6(4-33)24-36-20-18(30)10-8-7-9(13(25)16(28)12(8)22(20)38-24)17(29)19-21(11(7)15(27)14(10)26)37-23(35-19)5(2-31)3-32/b24-6+. The maximum absolute atomic E-state index is 15.6. The Kier molecular flexibility index (Phi) is 4.36. The maximum Gasteiger partial charge on any atom is 0.322 e. The fourth-order valence-corrected chi connectivity index (χ4v) is 4.43. The number of halogens is 6. The highest BCUT2D eigenvalue weighted by molar-refractivity contribution is 6.32. The molecule has 0 amide bonds. The van der Waals surface area contributed by atoms with Crippen LogP contribution < -0.4 is 11.1 Å². The van der Waals surface area contributed by atoms with Gasteiger partial charge in [0.05, 0.1) is 34.2 Å². The van der Waals surface area contributed by atoms with E-state index in [1.165, 1.54) is 18.2 Å². The molecule has 6 rings (SSSR count). The molecule has 2 aromatic heterocycles. The van der Waals surface area contributed by atoms with Crippen molar-refractivity contribution >= 4 is 65.8 Å². The minimum absolute atomic E-state index is 0.791. The highest BCUT2D eigenvalue weighted by Crippen LogP contribution is 2.47. The molecule has 0 spiro atoms. The second kappa shape index (κ2) is 7.33. The van der Waals surface area contributed by atoms with Crippen molar-refractivity contribution in [3.8, 4) is 18.2 Å². The van der Waals surface area contributed by atoms with Crippen LogP contribution in [0, 0.1) is 75.5 Å². The molecule has 38 heavy (non-hydrogen) atoms. The van der Waals surface area contributed by atoms with E-state index in [4.69, 9.17) is 31.2 Å². The van der Waals surface area contributed by atoms with E-state index in [9.17, 15) is 0 Å². The zero-order chi connectivity index (χ0) is 27.2. The SMILES string of the molecule is [C-]#[N+]/C(C#N)=c1\nc2c(F)c3c(F)c(F)c4c5oc(=C(C#N)C#N)nc5c(F)c5c(F)c(F)c(c2o1)c3c54. The Hall–Kier alpha value is -5.86. The van der Waals surface area contributed by atoms with E-state index in [-0.39, 0.29) is 0 Å². The molecule has 180 valence electrons. The summed E-state index contributed by atoms with van der Waals surface area (Å²) in [5.74, 6) is -10.8. The summed E-state index contributed by atoms with van der Waals surface area (Å²) in [5, 5.41) is 21.0. The lowest BCUT2D eigenvalue weighted by Gasteiger charge is -2.15. The number of fused-ring (bicyclic) bond motifs is 4. The second-order valence-electron chi connectivity index (χ2n) is 7.70. The number of benzene rings is 4. The molecule has 0 bridgehead atoms. The molecule has 0 fully saturated rings. The summed E-state index contributed by atoms with van der Waals surface area (Å²) in [6.45, 7) is 7.00. The van der Waals surface area contributed by atoms with Crippen LogP contribution in [0.25, 0.3) is 70.6 Å². The summed E-state index contributed by atoms with van der Waals surface area (Å²) in [5.41, 5.74) is -6.86. The topological polar surface area (TPSA) is 128 Å². The molecular formula is C24F6N6O2. The van der Waals surface area contributed by atoms with Gasteiger partial charge < -0.3 is 8.83 Å². The number of nitrogens with zero attached hydrogens (tertiary/aromatic N) is 6. The number of hydrogen-bond donors (Lipinski definition) is 0. The van der Waals surface area contributed by atoms with E-state index in [0.29, 0.717) is 0 Å². The van der Waals surface area contributed by atoms with E-state index in [1.54, 1.807) is 0 Å². The van der Waals surface area contributed by atoms with E-state index in [0.717, 1.165) is 0 Å². The first kappa shape index (κ1) is 22.6. The Morgan fingerprint density at radius 2 is 1.03 bits per heavy atom. The largest absolute Gasteiger partial charge is 0.445 e. The molecule has 0 saturated heterocycles. The van der Waals surface area contributed by atoms with Crippen molar-refractivity contribution in [2.75, 3.05) is 0 Å². The van der Waals surface area contributed by atoms with Crippen LogP contribution in [0.1, 0.15) is 0 Å². The summed E-state index contributed by atoms with van der Waals surface area (Å²) < 4.78 is 103. The van der Waals surface area contributed by atoms with Crippen LogP contribution in [-0.2, 0) is 0 Å². The lowest BCUT2D eigenvalue weighted by molar-refractivity contribution is 0.512. The van der Waals surface area contributed by atoms with Gasteiger partial charge in [0.1, 0.15) is 23.2 Å². The van der Waals surface area contributed by atoms with E-state index >= 15 is 26.3 Å². The third-order valence-electron chi connectivity index (χ3n) is 5.93. The molecule has 2 heterocycles. The van der Waals surface area contributed by atoms with Crippen LogP contribution in [0.3, 0.4) is 0 Å². The number of rotatable bonds is 0. The first-order valence-electron chi connectivity index (χ1n) is 9.96. The van der Waals surface area contributed by atoms with Gasteiger partial charge in [-0.15, -0.1) is 0 Å². The first-order chi connectivity index (χ1) is 18.2. The van der Waals surface area contributed by atoms with Crippen LogP contribution >= 0.6 is 0 Å². The van der Waals surface area contributed by atoms with Crippen LogP contribution in [0.4, 0.5) is 26.3 Å². The highest BCUT2D eigenvalue weighted by Gasteiger charge is 2.34. The Morgan fingerprint density at radius 3 is 1.45 bits per heavy atom. The number of nitriles is 3. The van der Waals surface area contributed by atoms with Crippen molar-refractivity contribution in [2.45, 2.75) is 0 Å². The van der Waals surface area contributed by atoms with Crippen molar-refractivity contribution in [3.05, 3.63) is 57.4 Å². The van der Waals surface area contributed by atoms with Crippen molar-refractivity contribution in [3.63, 3.8) is 0 Å². The zero-order valence-corrected chi connectivity index (χ0v) is 17.8. The lowest BCUT2D eigenvalue weighted by atomic mass is 9.91. The van der Waals surface area contributed by atoms with E-state index < -0.39 is 112 Å². The number of oxazole rings is 2. The summed E-state index contributed by atoms with van der Waals surface area (Å²) in [7, 11) is 0. The molecule has 6 aromatic rings. The van der Waals surface area contributed by atoms with Gasteiger partial charge in [-0.1, -0.05) is 0 Å². The van der Waals surface area contributed by atoms with Crippen molar-refractivity contribution in [1.82, 2.24) is 9.97 Å². The maximum atomic E-state index is 15.6. The summed E-state index contributed by atoms with van der Waals surface area (Å²) in [4.78, 5) is 9.96. The molecule has 0 aliphatic heterocycles. The number of aromatic nitrogens is 2. The molecule has 8 nitrogen and oxygen atoms in total. The average molecular weight is 518 g/mol. The van der Waals surface area contributed by atoms with Gasteiger partial charge >= 0.3 is 5.70 Å². The molecule has 0 atom stereocenters. The normalized spacial score (nSPS) is 12.3.